The Balaban J connectivity index is 2.05. The maximum atomic E-state index is 5.52. The Bertz CT molecular complexity index is 798. The molecular weight excluding hydrogens is 370 g/mol. The Labute approximate surface area is 173 Å². The van der Waals surface area contributed by atoms with E-state index in [4.69, 9.17) is 18.9 Å². The highest BCUT2D eigenvalue weighted by Crippen LogP contribution is 2.34. The molecule has 0 fully saturated rings. The van der Waals surface area contributed by atoms with Crippen molar-refractivity contribution in [1.29, 1.82) is 0 Å². The standard InChI is InChI=1S/C22H31N3O4/c1-23-22(25(2)15-16-9-7-8-10-19(16)27-4)24-12-11-18-20(28-5)13-17(26-3)14-21(18)29-6/h7-10,13-14H,11-12,15H2,1-6H3,(H,23,24). The minimum atomic E-state index is 0.669. The van der Waals surface area contributed by atoms with Crippen LogP contribution >= 0.6 is 0 Å². The predicted molar refractivity (Wildman–Crippen MR) is 116 cm³/mol. The molecule has 1 N–H and O–H groups in total. The summed E-state index contributed by atoms with van der Waals surface area (Å²) in [6.45, 7) is 1.35. The number of methoxy groups -OCH3 is 4. The summed E-state index contributed by atoms with van der Waals surface area (Å²) >= 11 is 0. The molecule has 0 saturated carbocycles. The molecule has 2 rings (SSSR count). The Morgan fingerprint density at radius 1 is 0.931 bits per heavy atom. The molecule has 0 radical (unpaired) electrons. The Morgan fingerprint density at radius 2 is 1.55 bits per heavy atom. The molecule has 0 aromatic heterocycles. The van der Waals surface area contributed by atoms with Crippen molar-refractivity contribution in [1.82, 2.24) is 10.2 Å². The van der Waals surface area contributed by atoms with Gasteiger partial charge in [0.1, 0.15) is 23.0 Å². The minimum absolute atomic E-state index is 0.669. The lowest BCUT2D eigenvalue weighted by Gasteiger charge is -2.23. The summed E-state index contributed by atoms with van der Waals surface area (Å²) in [6.07, 6.45) is 0.706. The van der Waals surface area contributed by atoms with Gasteiger partial charge in [0.05, 0.1) is 28.4 Å². The number of aliphatic imine (C=N–C) groups is 1. The van der Waals surface area contributed by atoms with Crippen LogP contribution in [0.3, 0.4) is 0 Å². The fraction of sp³-hybridized carbons (Fsp3) is 0.409. The average molecular weight is 402 g/mol. The normalized spacial score (nSPS) is 11.0. The van der Waals surface area contributed by atoms with E-state index in [1.54, 1.807) is 35.5 Å². The van der Waals surface area contributed by atoms with E-state index in [1.165, 1.54) is 0 Å². The molecule has 2 aromatic carbocycles. The summed E-state index contributed by atoms with van der Waals surface area (Å²) in [7, 11) is 10.4. The zero-order chi connectivity index (χ0) is 21.2. The molecular formula is C22H31N3O4. The summed E-state index contributed by atoms with van der Waals surface area (Å²) in [5, 5.41) is 3.40. The highest BCUT2D eigenvalue weighted by Gasteiger charge is 2.14. The Kier molecular flexibility index (Phi) is 8.45. The molecule has 29 heavy (non-hydrogen) atoms. The molecule has 7 nitrogen and oxygen atoms in total. The SMILES string of the molecule is CN=C(NCCc1c(OC)cc(OC)cc1OC)N(C)Cc1ccccc1OC. The van der Waals surface area contributed by atoms with E-state index in [1.807, 2.05) is 37.4 Å². The van der Waals surface area contributed by atoms with Crippen LogP contribution in [-0.4, -0.2) is 59.9 Å². The van der Waals surface area contributed by atoms with E-state index in [2.05, 4.69) is 21.3 Å². The highest BCUT2D eigenvalue weighted by molar-refractivity contribution is 5.79. The number of nitrogens with one attached hydrogen (secondary N) is 1. The van der Waals surface area contributed by atoms with Gasteiger partial charge in [0.2, 0.25) is 0 Å². The molecule has 0 aliphatic heterocycles. The molecule has 0 atom stereocenters. The zero-order valence-corrected chi connectivity index (χ0v) is 18.1. The van der Waals surface area contributed by atoms with Crippen molar-refractivity contribution in [2.75, 3.05) is 49.1 Å². The largest absolute Gasteiger partial charge is 0.496 e. The van der Waals surface area contributed by atoms with Crippen LogP contribution in [0.15, 0.2) is 41.4 Å². The number of rotatable bonds is 9. The zero-order valence-electron chi connectivity index (χ0n) is 18.1. The van der Waals surface area contributed by atoms with Gasteiger partial charge >= 0.3 is 0 Å². The molecule has 0 spiro atoms. The molecule has 0 heterocycles. The molecule has 158 valence electrons. The highest BCUT2D eigenvalue weighted by atomic mass is 16.5. The monoisotopic (exact) mass is 401 g/mol. The fourth-order valence-electron chi connectivity index (χ4n) is 3.17. The van der Waals surface area contributed by atoms with Gasteiger partial charge in [0.15, 0.2) is 5.96 Å². The number of guanidine groups is 1. The molecule has 0 saturated heterocycles. The van der Waals surface area contributed by atoms with E-state index >= 15 is 0 Å². The number of ether oxygens (including phenoxy) is 4. The molecule has 0 aliphatic carbocycles. The second kappa shape index (κ2) is 11.0. The lowest BCUT2D eigenvalue weighted by atomic mass is 10.1. The number of para-hydroxylation sites is 1. The van der Waals surface area contributed by atoms with Crippen LogP contribution in [0.5, 0.6) is 23.0 Å². The summed E-state index contributed by atoms with van der Waals surface area (Å²) in [5.41, 5.74) is 2.07. The van der Waals surface area contributed by atoms with Gasteiger partial charge in [-0.2, -0.15) is 0 Å². The average Bonchev–Trinajstić information content (AvgIpc) is 2.76. The second-order valence-corrected chi connectivity index (χ2v) is 6.40. The smallest absolute Gasteiger partial charge is 0.193 e. The van der Waals surface area contributed by atoms with Crippen molar-refractivity contribution in [3.05, 3.63) is 47.5 Å². The van der Waals surface area contributed by atoms with Crippen LogP contribution in [0.4, 0.5) is 0 Å². The maximum absolute atomic E-state index is 5.52. The third-order valence-electron chi connectivity index (χ3n) is 4.65. The molecule has 0 aliphatic rings. The summed E-state index contributed by atoms with van der Waals surface area (Å²) < 4.78 is 21.8. The van der Waals surface area contributed by atoms with Crippen molar-refractivity contribution in [2.45, 2.75) is 13.0 Å². The molecule has 0 bridgehead atoms. The van der Waals surface area contributed by atoms with Crippen molar-refractivity contribution in [3.63, 3.8) is 0 Å². The maximum Gasteiger partial charge on any atom is 0.193 e. The van der Waals surface area contributed by atoms with Gasteiger partial charge in [-0.15, -0.1) is 0 Å². The van der Waals surface area contributed by atoms with Gasteiger partial charge in [-0.3, -0.25) is 4.99 Å². The fourth-order valence-corrected chi connectivity index (χ4v) is 3.17. The summed E-state index contributed by atoms with van der Waals surface area (Å²) in [4.78, 5) is 6.45. The third kappa shape index (κ3) is 5.70. The van der Waals surface area contributed by atoms with E-state index in [9.17, 15) is 0 Å². The van der Waals surface area contributed by atoms with Crippen LogP contribution in [0.25, 0.3) is 0 Å². The van der Waals surface area contributed by atoms with Gasteiger partial charge in [-0.05, 0) is 12.5 Å². The molecule has 0 amide bonds. The van der Waals surface area contributed by atoms with Crippen molar-refractivity contribution < 1.29 is 18.9 Å². The van der Waals surface area contributed by atoms with Gasteiger partial charge in [-0.1, -0.05) is 18.2 Å². The lowest BCUT2D eigenvalue weighted by Crippen LogP contribution is -2.39. The number of benzene rings is 2. The van der Waals surface area contributed by atoms with Crippen LogP contribution < -0.4 is 24.3 Å². The summed E-state index contributed by atoms with van der Waals surface area (Å²) in [6, 6.07) is 11.7. The number of hydrogen-bond donors (Lipinski definition) is 1. The predicted octanol–water partition coefficient (Wildman–Crippen LogP) is 2.97. The van der Waals surface area contributed by atoms with Crippen LogP contribution in [0, 0.1) is 0 Å². The summed E-state index contributed by atoms with van der Waals surface area (Å²) in [5.74, 6) is 3.83. The van der Waals surface area contributed by atoms with Gasteiger partial charge in [0.25, 0.3) is 0 Å². The van der Waals surface area contributed by atoms with Crippen molar-refractivity contribution >= 4 is 5.96 Å². The molecule has 7 heteroatoms. The van der Waals surface area contributed by atoms with Crippen LogP contribution in [0.1, 0.15) is 11.1 Å². The van der Waals surface area contributed by atoms with Crippen LogP contribution in [0.2, 0.25) is 0 Å². The minimum Gasteiger partial charge on any atom is -0.496 e. The quantitative estimate of drug-likeness (QED) is 0.515. The number of hydrogen-bond acceptors (Lipinski definition) is 5. The van der Waals surface area contributed by atoms with Crippen molar-refractivity contribution in [2.24, 2.45) is 4.99 Å². The topological polar surface area (TPSA) is 64.6 Å². The first-order chi connectivity index (χ1) is 14.1. The van der Waals surface area contributed by atoms with E-state index in [0.717, 1.165) is 34.3 Å². The second-order valence-electron chi connectivity index (χ2n) is 6.40. The van der Waals surface area contributed by atoms with Crippen molar-refractivity contribution in [3.8, 4) is 23.0 Å². The first kappa shape index (κ1) is 22.2. The Morgan fingerprint density at radius 3 is 2.10 bits per heavy atom. The first-order valence-corrected chi connectivity index (χ1v) is 9.40. The van der Waals surface area contributed by atoms with E-state index < -0.39 is 0 Å². The van der Waals surface area contributed by atoms with Gasteiger partial charge in [0, 0.05) is 50.4 Å². The first-order valence-electron chi connectivity index (χ1n) is 9.40. The van der Waals surface area contributed by atoms with E-state index in [0.29, 0.717) is 25.3 Å². The van der Waals surface area contributed by atoms with Gasteiger partial charge < -0.3 is 29.2 Å². The number of nitrogens with zero attached hydrogens (tertiary/aromatic N) is 2. The molecule has 2 aromatic rings. The molecule has 0 unspecified atom stereocenters. The van der Waals surface area contributed by atoms with Crippen LogP contribution in [-0.2, 0) is 13.0 Å². The van der Waals surface area contributed by atoms with E-state index in [-0.39, 0.29) is 0 Å². The Hall–Kier alpha value is -3.09. The third-order valence-corrected chi connectivity index (χ3v) is 4.65. The lowest BCUT2D eigenvalue weighted by molar-refractivity contribution is 0.368. The van der Waals surface area contributed by atoms with Gasteiger partial charge in [-0.25, -0.2) is 0 Å².